The van der Waals surface area contributed by atoms with Gasteiger partial charge >= 0.3 is 0 Å². The molecule has 0 bridgehead atoms. The molecule has 94 valence electrons. The van der Waals surface area contributed by atoms with Crippen molar-refractivity contribution in [1.29, 1.82) is 0 Å². The summed E-state index contributed by atoms with van der Waals surface area (Å²) in [5, 5.41) is 3.66. The Hall–Kier alpha value is -1.69. The second kappa shape index (κ2) is 5.77. The van der Waals surface area contributed by atoms with E-state index in [2.05, 4.69) is 15.3 Å². The lowest BCUT2D eigenvalue weighted by atomic mass is 10.3. The molecule has 6 heteroatoms. The first-order valence-electron chi connectivity index (χ1n) is 5.39. The van der Waals surface area contributed by atoms with Gasteiger partial charge in [0.2, 0.25) is 5.95 Å². The minimum absolute atomic E-state index is 0.519. The van der Waals surface area contributed by atoms with Gasteiger partial charge in [-0.1, -0.05) is 11.8 Å². The zero-order valence-corrected chi connectivity index (χ0v) is 10.5. The Balaban J connectivity index is 2.17. The molecule has 0 radical (unpaired) electrons. The predicted molar refractivity (Wildman–Crippen MR) is 66.7 cm³/mol. The lowest BCUT2D eigenvalue weighted by Crippen LogP contribution is -2.01. The van der Waals surface area contributed by atoms with Gasteiger partial charge in [0.05, 0.1) is 0 Å². The molecule has 0 unspecified atom stereocenters. The lowest BCUT2D eigenvalue weighted by Gasteiger charge is -2.04. The van der Waals surface area contributed by atoms with Crippen LogP contribution in [0.1, 0.15) is 6.92 Å². The second-order valence-corrected chi connectivity index (χ2v) is 4.52. The Labute approximate surface area is 108 Å². The molecule has 2 aromatic rings. The third kappa shape index (κ3) is 3.16. The van der Waals surface area contributed by atoms with Crippen molar-refractivity contribution in [3.63, 3.8) is 0 Å². The molecule has 0 aliphatic carbocycles. The van der Waals surface area contributed by atoms with Gasteiger partial charge in [-0.15, -0.1) is 0 Å². The molecule has 0 aliphatic rings. The number of hydrogen-bond donors (Lipinski definition) is 1. The third-order valence-electron chi connectivity index (χ3n) is 2.08. The van der Waals surface area contributed by atoms with E-state index < -0.39 is 11.6 Å². The van der Waals surface area contributed by atoms with Crippen molar-refractivity contribution in [3.05, 3.63) is 42.1 Å². The van der Waals surface area contributed by atoms with Gasteiger partial charge in [-0.3, -0.25) is 0 Å². The molecule has 18 heavy (non-hydrogen) atoms. The van der Waals surface area contributed by atoms with Crippen molar-refractivity contribution >= 4 is 17.7 Å². The zero-order chi connectivity index (χ0) is 13.0. The van der Waals surface area contributed by atoms with E-state index in [1.54, 1.807) is 12.3 Å². The summed E-state index contributed by atoms with van der Waals surface area (Å²) in [7, 11) is 0. The predicted octanol–water partition coefficient (Wildman–Crippen LogP) is 3.34. The maximum atomic E-state index is 13.0. The molecule has 0 fully saturated rings. The van der Waals surface area contributed by atoms with Crippen LogP contribution in [-0.4, -0.2) is 16.5 Å². The largest absolute Gasteiger partial charge is 0.354 e. The van der Waals surface area contributed by atoms with Crippen molar-refractivity contribution in [3.8, 4) is 0 Å². The number of aromatic nitrogens is 2. The van der Waals surface area contributed by atoms with E-state index in [0.29, 0.717) is 15.9 Å². The minimum Gasteiger partial charge on any atom is -0.354 e. The van der Waals surface area contributed by atoms with Gasteiger partial charge in [-0.25, -0.2) is 18.7 Å². The summed E-state index contributed by atoms with van der Waals surface area (Å²) in [5.74, 6) is -1.19. The molecule has 0 saturated carbocycles. The van der Waals surface area contributed by atoms with E-state index in [9.17, 15) is 8.78 Å². The van der Waals surface area contributed by atoms with Gasteiger partial charge in [0.15, 0.2) is 11.6 Å². The van der Waals surface area contributed by atoms with Crippen LogP contribution in [0.3, 0.4) is 0 Å². The van der Waals surface area contributed by atoms with Crippen LogP contribution in [-0.2, 0) is 0 Å². The van der Waals surface area contributed by atoms with Gasteiger partial charge in [0.1, 0.15) is 5.03 Å². The molecule has 0 saturated heterocycles. The van der Waals surface area contributed by atoms with Gasteiger partial charge < -0.3 is 5.32 Å². The van der Waals surface area contributed by atoms with Gasteiger partial charge in [0.25, 0.3) is 0 Å². The van der Waals surface area contributed by atoms with Crippen molar-refractivity contribution in [2.24, 2.45) is 0 Å². The van der Waals surface area contributed by atoms with E-state index in [4.69, 9.17) is 0 Å². The molecular formula is C12H11F2N3S. The van der Waals surface area contributed by atoms with Crippen LogP contribution >= 0.6 is 11.8 Å². The number of nitrogens with zero attached hydrogens (tertiary/aromatic N) is 2. The molecule has 0 amide bonds. The quantitative estimate of drug-likeness (QED) is 0.862. The number of halogens is 2. The lowest BCUT2D eigenvalue weighted by molar-refractivity contribution is 0.506. The molecule has 0 atom stereocenters. The Morgan fingerprint density at radius 2 is 2.06 bits per heavy atom. The molecule has 0 aliphatic heterocycles. The Bertz CT molecular complexity index is 549. The first-order valence-corrected chi connectivity index (χ1v) is 6.20. The van der Waals surface area contributed by atoms with Crippen LogP contribution in [0, 0.1) is 11.6 Å². The highest BCUT2D eigenvalue weighted by atomic mass is 32.2. The topological polar surface area (TPSA) is 37.8 Å². The second-order valence-electron chi connectivity index (χ2n) is 3.43. The van der Waals surface area contributed by atoms with Crippen LogP contribution in [0.25, 0.3) is 0 Å². The minimum atomic E-state index is -0.860. The molecule has 1 heterocycles. The normalized spacial score (nSPS) is 10.4. The molecule has 3 nitrogen and oxygen atoms in total. The van der Waals surface area contributed by atoms with Gasteiger partial charge in [0, 0.05) is 17.6 Å². The summed E-state index contributed by atoms with van der Waals surface area (Å²) >= 11 is 1.25. The summed E-state index contributed by atoms with van der Waals surface area (Å²) in [4.78, 5) is 8.86. The smallest absolute Gasteiger partial charge is 0.223 e. The number of hydrogen-bond acceptors (Lipinski definition) is 4. The Morgan fingerprint density at radius 3 is 2.78 bits per heavy atom. The summed E-state index contributed by atoms with van der Waals surface area (Å²) < 4.78 is 25.8. The number of nitrogens with one attached hydrogen (secondary N) is 1. The Morgan fingerprint density at radius 1 is 1.22 bits per heavy atom. The first-order chi connectivity index (χ1) is 8.69. The highest BCUT2D eigenvalue weighted by Gasteiger charge is 2.05. The monoisotopic (exact) mass is 267 g/mol. The van der Waals surface area contributed by atoms with Crippen LogP contribution in [0.2, 0.25) is 0 Å². The molecule has 1 N–H and O–H groups in total. The average Bonchev–Trinajstić information content (AvgIpc) is 2.35. The maximum Gasteiger partial charge on any atom is 0.223 e. The van der Waals surface area contributed by atoms with Gasteiger partial charge in [-0.05, 0) is 31.2 Å². The number of anilines is 1. The molecular weight excluding hydrogens is 256 g/mol. The van der Waals surface area contributed by atoms with E-state index in [1.807, 2.05) is 6.92 Å². The fourth-order valence-electron chi connectivity index (χ4n) is 1.30. The summed E-state index contributed by atoms with van der Waals surface area (Å²) in [5.41, 5.74) is 0. The van der Waals surface area contributed by atoms with Gasteiger partial charge in [-0.2, -0.15) is 0 Å². The molecule has 1 aromatic heterocycles. The highest BCUT2D eigenvalue weighted by molar-refractivity contribution is 7.99. The number of rotatable bonds is 4. The van der Waals surface area contributed by atoms with E-state index >= 15 is 0 Å². The van der Waals surface area contributed by atoms with Crippen LogP contribution in [0.5, 0.6) is 0 Å². The van der Waals surface area contributed by atoms with Crippen molar-refractivity contribution < 1.29 is 8.78 Å². The summed E-state index contributed by atoms with van der Waals surface area (Å²) in [6.07, 6.45) is 1.62. The maximum absolute atomic E-state index is 13.0. The Kier molecular flexibility index (Phi) is 4.09. The zero-order valence-electron chi connectivity index (χ0n) is 9.65. The van der Waals surface area contributed by atoms with E-state index in [1.165, 1.54) is 17.8 Å². The van der Waals surface area contributed by atoms with Crippen LogP contribution < -0.4 is 5.32 Å². The van der Waals surface area contributed by atoms with Crippen molar-refractivity contribution in [2.75, 3.05) is 11.9 Å². The van der Waals surface area contributed by atoms with E-state index in [0.717, 1.165) is 18.7 Å². The number of benzene rings is 1. The summed E-state index contributed by atoms with van der Waals surface area (Å²) in [6.45, 7) is 2.66. The highest BCUT2D eigenvalue weighted by Crippen LogP contribution is 2.27. The first kappa shape index (κ1) is 12.8. The van der Waals surface area contributed by atoms with Crippen molar-refractivity contribution in [1.82, 2.24) is 9.97 Å². The fourth-order valence-corrected chi connectivity index (χ4v) is 2.10. The average molecular weight is 267 g/mol. The molecule has 0 spiro atoms. The van der Waals surface area contributed by atoms with E-state index in [-0.39, 0.29) is 0 Å². The summed E-state index contributed by atoms with van der Waals surface area (Å²) in [6, 6.07) is 5.48. The fraction of sp³-hybridized carbons (Fsp3) is 0.167. The van der Waals surface area contributed by atoms with Crippen LogP contribution in [0.4, 0.5) is 14.7 Å². The van der Waals surface area contributed by atoms with Crippen LogP contribution in [0.15, 0.2) is 40.4 Å². The SMILES string of the molecule is CCNc1nccc(Sc2ccc(F)c(F)c2)n1. The molecule has 2 rings (SSSR count). The molecule has 1 aromatic carbocycles. The third-order valence-corrected chi connectivity index (χ3v) is 3.00. The standard InChI is InChI=1S/C12H11F2N3S/c1-2-15-12-16-6-5-11(17-12)18-8-3-4-9(13)10(14)7-8/h3-7H,2H2,1H3,(H,15,16,17). The van der Waals surface area contributed by atoms with Crippen molar-refractivity contribution in [2.45, 2.75) is 16.8 Å².